The zero-order valence-corrected chi connectivity index (χ0v) is 26.4. The molecule has 1 saturated heterocycles. The lowest BCUT2D eigenvalue weighted by Gasteiger charge is -2.33. The van der Waals surface area contributed by atoms with Crippen LogP contribution in [0.1, 0.15) is 63.6 Å². The van der Waals surface area contributed by atoms with Crippen LogP contribution in [0.2, 0.25) is 0 Å². The molecule has 0 spiro atoms. The van der Waals surface area contributed by atoms with E-state index in [1.165, 1.54) is 0 Å². The predicted octanol–water partition coefficient (Wildman–Crippen LogP) is 5.07. The Morgan fingerprint density at radius 1 is 0.978 bits per heavy atom. The van der Waals surface area contributed by atoms with E-state index in [9.17, 15) is 14.4 Å². The fourth-order valence-corrected chi connectivity index (χ4v) is 5.75. The van der Waals surface area contributed by atoms with Crippen molar-refractivity contribution in [3.63, 3.8) is 0 Å². The van der Waals surface area contributed by atoms with E-state index in [1.54, 1.807) is 30.9 Å². The van der Waals surface area contributed by atoms with Crippen LogP contribution in [0.3, 0.4) is 0 Å². The van der Waals surface area contributed by atoms with Gasteiger partial charge in [0.25, 0.3) is 0 Å². The largest absolute Gasteiger partial charge is 0.343 e. The van der Waals surface area contributed by atoms with Crippen molar-refractivity contribution in [1.29, 1.82) is 0 Å². The molecule has 1 fully saturated rings. The van der Waals surface area contributed by atoms with Gasteiger partial charge in [-0.2, -0.15) is 0 Å². The molecule has 3 aromatic carbocycles. The fraction of sp³-hybridized carbons (Fsp3) is 0.389. The molecule has 1 aromatic heterocycles. The van der Waals surface area contributed by atoms with Crippen LogP contribution in [0.4, 0.5) is 5.82 Å². The van der Waals surface area contributed by atoms with Gasteiger partial charge in [0, 0.05) is 19.3 Å². The molecule has 1 aliphatic heterocycles. The van der Waals surface area contributed by atoms with Crippen LogP contribution < -0.4 is 16.4 Å². The van der Waals surface area contributed by atoms with Crippen LogP contribution in [0, 0.1) is 5.92 Å². The molecule has 0 bridgehead atoms. The molecular formula is C36H44N6O3. The minimum Gasteiger partial charge on any atom is -0.343 e. The number of aromatic nitrogens is 2. The van der Waals surface area contributed by atoms with Crippen molar-refractivity contribution in [3.8, 4) is 0 Å². The van der Waals surface area contributed by atoms with Crippen molar-refractivity contribution in [3.05, 3.63) is 96.4 Å². The summed E-state index contributed by atoms with van der Waals surface area (Å²) in [5, 5.41) is 7.85. The first-order valence-electron chi connectivity index (χ1n) is 15.8. The predicted molar refractivity (Wildman–Crippen MR) is 177 cm³/mol. The Morgan fingerprint density at radius 2 is 1.67 bits per heavy atom. The first-order chi connectivity index (χ1) is 21.6. The van der Waals surface area contributed by atoms with Crippen molar-refractivity contribution in [1.82, 2.24) is 19.8 Å². The van der Waals surface area contributed by atoms with Gasteiger partial charge in [0.1, 0.15) is 12.1 Å². The van der Waals surface area contributed by atoms with Crippen LogP contribution in [0.15, 0.2) is 85.3 Å². The van der Waals surface area contributed by atoms with E-state index >= 15 is 0 Å². The summed E-state index contributed by atoms with van der Waals surface area (Å²) in [7, 11) is 0. The van der Waals surface area contributed by atoms with Crippen LogP contribution in [0.5, 0.6) is 0 Å². The second-order valence-corrected chi connectivity index (χ2v) is 12.8. The maximum absolute atomic E-state index is 14.1. The third-order valence-corrected chi connectivity index (χ3v) is 8.58. The number of hydrogen-bond donors (Lipinski definition) is 3. The van der Waals surface area contributed by atoms with E-state index in [2.05, 4.69) is 28.6 Å². The minimum atomic E-state index is -1.14. The summed E-state index contributed by atoms with van der Waals surface area (Å²) in [6.07, 6.45) is 7.11. The summed E-state index contributed by atoms with van der Waals surface area (Å²) < 4.78 is 1.77. The van der Waals surface area contributed by atoms with Gasteiger partial charge in [-0.3, -0.25) is 14.4 Å². The lowest BCUT2D eigenvalue weighted by molar-refractivity contribution is -0.135. The molecule has 4 aromatic rings. The number of carbonyl (C=O) groups excluding carboxylic acids is 3. The molecule has 0 radical (unpaired) electrons. The maximum atomic E-state index is 14.1. The first kappa shape index (κ1) is 31.9. The quantitative estimate of drug-likeness (QED) is 0.220. The summed E-state index contributed by atoms with van der Waals surface area (Å²) in [6, 6.07) is 22.7. The van der Waals surface area contributed by atoms with Crippen molar-refractivity contribution < 1.29 is 14.4 Å². The molecule has 3 amide bonds. The van der Waals surface area contributed by atoms with Gasteiger partial charge in [-0.05, 0) is 79.8 Å². The number of imidazole rings is 1. The highest BCUT2D eigenvalue weighted by molar-refractivity contribution is 5.98. The standard InChI is InChI=1S/C36H44N6O3/c1-25-18-20-41(21-19-25)34(44)32(29-17-16-27-13-7-8-14-28(27)22-29)42-23-31(38-24-42)40-33(43)30(39-35(45)36(2,3)37)15-9-12-26-10-5-4-6-11-26/h4-8,10-11,13-14,16-17,22-25,30,32H,9,12,15,18-21,37H2,1-3H3,(H,39,45)(H,40,43). The Hall–Kier alpha value is -4.50. The van der Waals surface area contributed by atoms with Gasteiger partial charge in [-0.15, -0.1) is 0 Å². The lowest BCUT2D eigenvalue weighted by atomic mass is 9.96. The van der Waals surface area contributed by atoms with E-state index in [0.717, 1.165) is 41.2 Å². The Kier molecular flexibility index (Phi) is 9.98. The highest BCUT2D eigenvalue weighted by atomic mass is 16.2. The molecule has 45 heavy (non-hydrogen) atoms. The van der Waals surface area contributed by atoms with E-state index < -0.39 is 23.5 Å². The summed E-state index contributed by atoms with van der Waals surface area (Å²) in [6.45, 7) is 6.86. The van der Waals surface area contributed by atoms with Gasteiger partial charge in [-0.1, -0.05) is 73.7 Å². The Balaban J connectivity index is 1.36. The van der Waals surface area contributed by atoms with E-state index in [-0.39, 0.29) is 11.8 Å². The second-order valence-electron chi connectivity index (χ2n) is 12.8. The number of rotatable bonds is 11. The zero-order chi connectivity index (χ0) is 32.0. The number of fused-ring (bicyclic) bond motifs is 1. The zero-order valence-electron chi connectivity index (χ0n) is 26.4. The molecule has 2 unspecified atom stereocenters. The van der Waals surface area contributed by atoms with E-state index in [0.29, 0.717) is 37.7 Å². The Morgan fingerprint density at radius 3 is 2.38 bits per heavy atom. The first-order valence-corrected chi connectivity index (χ1v) is 15.8. The number of amides is 3. The number of piperidine rings is 1. The summed E-state index contributed by atoms with van der Waals surface area (Å²) >= 11 is 0. The molecule has 5 rings (SSSR count). The van der Waals surface area contributed by atoms with Crippen molar-refractivity contribution >= 4 is 34.3 Å². The molecule has 9 nitrogen and oxygen atoms in total. The topological polar surface area (TPSA) is 122 Å². The molecule has 1 aliphatic rings. The normalized spacial score (nSPS) is 15.4. The average molecular weight is 609 g/mol. The molecule has 2 heterocycles. The highest BCUT2D eigenvalue weighted by Gasteiger charge is 2.31. The molecule has 0 saturated carbocycles. The Labute approximate surface area is 265 Å². The van der Waals surface area contributed by atoms with Gasteiger partial charge in [0.15, 0.2) is 5.82 Å². The van der Waals surface area contributed by atoms with Crippen LogP contribution >= 0.6 is 0 Å². The number of nitrogens with two attached hydrogens (primary N) is 1. The smallest absolute Gasteiger partial charge is 0.250 e. The molecule has 236 valence electrons. The van der Waals surface area contributed by atoms with Gasteiger partial charge in [0.2, 0.25) is 17.7 Å². The van der Waals surface area contributed by atoms with Gasteiger partial charge < -0.3 is 25.8 Å². The molecule has 4 N–H and O–H groups in total. The molecule has 9 heteroatoms. The summed E-state index contributed by atoms with van der Waals surface area (Å²) in [5.74, 6) is 0.105. The number of carbonyl (C=O) groups is 3. The Bertz CT molecular complexity index is 1620. The lowest BCUT2D eigenvalue weighted by Crippen LogP contribution is -2.54. The molecular weight excluding hydrogens is 564 g/mol. The summed E-state index contributed by atoms with van der Waals surface area (Å²) in [4.78, 5) is 46.8. The number of aryl methyl sites for hydroxylation is 1. The van der Waals surface area contributed by atoms with Crippen molar-refractivity contribution in [2.45, 2.75) is 70.5 Å². The number of benzene rings is 3. The van der Waals surface area contributed by atoms with E-state index in [1.807, 2.05) is 71.6 Å². The van der Waals surface area contributed by atoms with Crippen LogP contribution in [0.25, 0.3) is 10.8 Å². The van der Waals surface area contributed by atoms with Gasteiger partial charge in [0.05, 0.1) is 11.9 Å². The number of anilines is 1. The SMILES string of the molecule is CC1CCN(C(=O)C(c2ccc3ccccc3c2)n2cnc(NC(=O)C(CCCc3ccccc3)NC(=O)C(C)(C)N)c2)CC1. The monoisotopic (exact) mass is 608 g/mol. The second kappa shape index (κ2) is 14.1. The number of nitrogens with zero attached hydrogens (tertiary/aromatic N) is 3. The number of nitrogens with one attached hydrogen (secondary N) is 2. The van der Waals surface area contributed by atoms with E-state index in [4.69, 9.17) is 5.73 Å². The maximum Gasteiger partial charge on any atom is 0.250 e. The summed E-state index contributed by atoms with van der Waals surface area (Å²) in [5.41, 5.74) is 6.90. The third kappa shape index (κ3) is 8.16. The van der Waals surface area contributed by atoms with Gasteiger partial charge >= 0.3 is 0 Å². The van der Waals surface area contributed by atoms with Crippen LogP contribution in [-0.2, 0) is 20.8 Å². The fourth-order valence-electron chi connectivity index (χ4n) is 5.75. The average Bonchev–Trinajstić information content (AvgIpc) is 3.48. The molecule has 0 aliphatic carbocycles. The molecule has 2 atom stereocenters. The van der Waals surface area contributed by atoms with Gasteiger partial charge in [-0.25, -0.2) is 4.98 Å². The van der Waals surface area contributed by atoms with Crippen molar-refractivity contribution in [2.75, 3.05) is 18.4 Å². The van der Waals surface area contributed by atoms with Crippen LogP contribution in [-0.4, -0.2) is 56.8 Å². The van der Waals surface area contributed by atoms with Crippen molar-refractivity contribution in [2.24, 2.45) is 11.7 Å². The third-order valence-electron chi connectivity index (χ3n) is 8.58. The minimum absolute atomic E-state index is 0.00341. The number of likely N-dealkylation sites (tertiary alicyclic amines) is 1. The highest BCUT2D eigenvalue weighted by Crippen LogP contribution is 2.28. The number of hydrogen-bond acceptors (Lipinski definition) is 5.